The molecule has 8 nitrogen and oxygen atoms in total. The van der Waals surface area contributed by atoms with Gasteiger partial charge in [-0.1, -0.05) is 13.8 Å². The van der Waals surface area contributed by atoms with Crippen LogP contribution in [0.15, 0.2) is 12.5 Å². The largest absolute Gasteiger partial charge is 0.350 e. The fraction of sp³-hybridized carbons (Fsp3) is 0.571. The SMILES string of the molecule is CC(C)Cn1cncc1CNC(=O)CC[C@@H]1NC(=O)NC1=O. The number of nitrogens with zero attached hydrogens (tertiary/aromatic N) is 2. The third kappa shape index (κ3) is 4.31. The number of carbonyl (C=O) groups is 3. The van der Waals surface area contributed by atoms with Gasteiger partial charge in [0, 0.05) is 19.2 Å². The van der Waals surface area contributed by atoms with Gasteiger partial charge in [-0.15, -0.1) is 0 Å². The second-order valence-corrected chi connectivity index (χ2v) is 5.76. The maximum absolute atomic E-state index is 11.8. The number of carbonyl (C=O) groups excluding carboxylic acids is 3. The maximum atomic E-state index is 11.8. The summed E-state index contributed by atoms with van der Waals surface area (Å²) in [6.07, 6.45) is 3.94. The lowest BCUT2D eigenvalue weighted by Crippen LogP contribution is -2.32. The highest BCUT2D eigenvalue weighted by molar-refractivity contribution is 6.04. The predicted molar refractivity (Wildman–Crippen MR) is 78.6 cm³/mol. The summed E-state index contributed by atoms with van der Waals surface area (Å²) < 4.78 is 2.01. The van der Waals surface area contributed by atoms with Crippen molar-refractivity contribution in [2.45, 2.75) is 45.8 Å². The number of amides is 4. The Kier molecular flexibility index (Phi) is 5.13. The highest BCUT2D eigenvalue weighted by Gasteiger charge is 2.29. The van der Waals surface area contributed by atoms with Crippen LogP contribution >= 0.6 is 0 Å². The van der Waals surface area contributed by atoms with E-state index in [-0.39, 0.29) is 24.7 Å². The monoisotopic (exact) mass is 307 g/mol. The molecule has 1 aliphatic rings. The zero-order valence-electron chi connectivity index (χ0n) is 12.8. The van der Waals surface area contributed by atoms with Crippen LogP contribution in [0, 0.1) is 5.92 Å². The first-order valence-electron chi connectivity index (χ1n) is 7.32. The van der Waals surface area contributed by atoms with E-state index < -0.39 is 12.1 Å². The second kappa shape index (κ2) is 7.06. The van der Waals surface area contributed by atoms with E-state index in [9.17, 15) is 14.4 Å². The molecule has 1 atom stereocenters. The molecular weight excluding hydrogens is 286 g/mol. The minimum atomic E-state index is -0.621. The molecule has 1 aromatic rings. The first-order valence-corrected chi connectivity index (χ1v) is 7.32. The molecule has 1 aliphatic heterocycles. The molecule has 1 saturated heterocycles. The molecule has 2 heterocycles. The van der Waals surface area contributed by atoms with Gasteiger partial charge in [-0.2, -0.15) is 0 Å². The molecule has 8 heteroatoms. The zero-order chi connectivity index (χ0) is 16.1. The molecule has 0 bridgehead atoms. The van der Waals surface area contributed by atoms with Crippen LogP contribution in [0.2, 0.25) is 0 Å². The average Bonchev–Trinajstić information content (AvgIpc) is 3.00. The van der Waals surface area contributed by atoms with Crippen molar-refractivity contribution in [2.24, 2.45) is 5.92 Å². The van der Waals surface area contributed by atoms with Crippen molar-refractivity contribution in [3.63, 3.8) is 0 Å². The second-order valence-electron chi connectivity index (χ2n) is 5.76. The molecule has 0 saturated carbocycles. The summed E-state index contributed by atoms with van der Waals surface area (Å²) >= 11 is 0. The summed E-state index contributed by atoms with van der Waals surface area (Å²) in [5.41, 5.74) is 0.939. The van der Waals surface area contributed by atoms with Gasteiger partial charge < -0.3 is 15.2 Å². The van der Waals surface area contributed by atoms with Gasteiger partial charge in [0.25, 0.3) is 5.91 Å². The normalized spacial score (nSPS) is 17.5. The summed E-state index contributed by atoms with van der Waals surface area (Å²) in [7, 11) is 0. The van der Waals surface area contributed by atoms with Crippen LogP contribution < -0.4 is 16.0 Å². The Balaban J connectivity index is 1.75. The number of nitrogens with one attached hydrogen (secondary N) is 3. The minimum absolute atomic E-state index is 0.161. The van der Waals surface area contributed by atoms with Gasteiger partial charge in [0.05, 0.1) is 18.6 Å². The molecule has 120 valence electrons. The Morgan fingerprint density at radius 1 is 1.45 bits per heavy atom. The number of imide groups is 1. The number of imidazole rings is 1. The van der Waals surface area contributed by atoms with Gasteiger partial charge >= 0.3 is 6.03 Å². The number of hydrogen-bond donors (Lipinski definition) is 3. The van der Waals surface area contributed by atoms with Gasteiger partial charge in [-0.05, 0) is 12.3 Å². The van der Waals surface area contributed by atoms with Crippen molar-refractivity contribution < 1.29 is 14.4 Å². The smallest absolute Gasteiger partial charge is 0.322 e. The Labute approximate surface area is 128 Å². The fourth-order valence-electron chi connectivity index (χ4n) is 2.27. The number of hydrogen-bond acceptors (Lipinski definition) is 4. The van der Waals surface area contributed by atoms with E-state index in [1.807, 2.05) is 4.57 Å². The summed E-state index contributed by atoms with van der Waals surface area (Å²) in [5.74, 6) is -0.0489. The predicted octanol–water partition coefficient (Wildman–Crippen LogP) is 0.144. The van der Waals surface area contributed by atoms with E-state index in [0.717, 1.165) is 12.2 Å². The first kappa shape index (κ1) is 16.0. The van der Waals surface area contributed by atoms with Crippen LogP contribution in [0.3, 0.4) is 0 Å². The van der Waals surface area contributed by atoms with Crippen molar-refractivity contribution >= 4 is 17.8 Å². The lowest BCUT2D eigenvalue weighted by Gasteiger charge is -2.12. The molecule has 0 aromatic carbocycles. The number of urea groups is 1. The van der Waals surface area contributed by atoms with Crippen molar-refractivity contribution in [3.05, 3.63) is 18.2 Å². The lowest BCUT2D eigenvalue weighted by molar-refractivity contribution is -0.122. The van der Waals surface area contributed by atoms with Gasteiger partial charge in [0.15, 0.2) is 0 Å². The third-order valence-electron chi connectivity index (χ3n) is 3.35. The standard InChI is InChI=1S/C14H21N5O3/c1-9(2)7-19-8-15-5-10(19)6-16-12(20)4-3-11-13(21)18-14(22)17-11/h5,8-9,11H,3-4,6-7H2,1-2H3,(H,16,20)(H2,17,18,21,22)/t11-/m0/s1. The number of rotatable bonds is 7. The maximum Gasteiger partial charge on any atom is 0.322 e. The van der Waals surface area contributed by atoms with Gasteiger partial charge in [0.2, 0.25) is 5.91 Å². The molecule has 0 radical (unpaired) electrons. The molecule has 4 amide bonds. The van der Waals surface area contributed by atoms with Crippen LogP contribution in [-0.4, -0.2) is 33.4 Å². The van der Waals surface area contributed by atoms with E-state index in [1.54, 1.807) is 12.5 Å². The Morgan fingerprint density at radius 2 is 2.23 bits per heavy atom. The summed E-state index contributed by atoms with van der Waals surface area (Å²) in [6.45, 7) is 5.47. The minimum Gasteiger partial charge on any atom is -0.350 e. The summed E-state index contributed by atoms with van der Waals surface area (Å²) in [6, 6.07) is -1.13. The molecule has 1 aromatic heterocycles. The number of aromatic nitrogens is 2. The quantitative estimate of drug-likeness (QED) is 0.623. The van der Waals surface area contributed by atoms with Gasteiger partial charge in [0.1, 0.15) is 6.04 Å². The Bertz CT molecular complexity index is 567. The van der Waals surface area contributed by atoms with E-state index >= 15 is 0 Å². The molecule has 0 spiro atoms. The van der Waals surface area contributed by atoms with Crippen molar-refractivity contribution in [3.8, 4) is 0 Å². The van der Waals surface area contributed by atoms with Crippen molar-refractivity contribution in [1.82, 2.24) is 25.5 Å². The first-order chi connectivity index (χ1) is 10.5. The average molecular weight is 307 g/mol. The molecule has 0 unspecified atom stereocenters. The summed E-state index contributed by atoms with van der Waals surface area (Å²) in [5, 5.41) is 7.41. The highest BCUT2D eigenvalue weighted by atomic mass is 16.2. The highest BCUT2D eigenvalue weighted by Crippen LogP contribution is 2.06. The summed E-state index contributed by atoms with van der Waals surface area (Å²) in [4.78, 5) is 38.2. The Hall–Kier alpha value is -2.38. The lowest BCUT2D eigenvalue weighted by atomic mass is 10.1. The Morgan fingerprint density at radius 3 is 2.86 bits per heavy atom. The molecule has 1 fully saturated rings. The van der Waals surface area contributed by atoms with Gasteiger partial charge in [-0.25, -0.2) is 9.78 Å². The van der Waals surface area contributed by atoms with E-state index in [0.29, 0.717) is 12.5 Å². The fourth-order valence-corrected chi connectivity index (χ4v) is 2.27. The van der Waals surface area contributed by atoms with Crippen molar-refractivity contribution in [2.75, 3.05) is 0 Å². The molecule has 22 heavy (non-hydrogen) atoms. The van der Waals surface area contributed by atoms with Crippen LogP contribution in [0.1, 0.15) is 32.4 Å². The van der Waals surface area contributed by atoms with Crippen LogP contribution in [0.5, 0.6) is 0 Å². The molecule has 2 rings (SSSR count). The van der Waals surface area contributed by atoms with Crippen molar-refractivity contribution in [1.29, 1.82) is 0 Å². The van der Waals surface area contributed by atoms with E-state index in [1.165, 1.54) is 0 Å². The molecule has 3 N–H and O–H groups in total. The van der Waals surface area contributed by atoms with E-state index in [4.69, 9.17) is 0 Å². The topological polar surface area (TPSA) is 105 Å². The zero-order valence-corrected chi connectivity index (χ0v) is 12.8. The van der Waals surface area contributed by atoms with Crippen LogP contribution in [0.25, 0.3) is 0 Å². The van der Waals surface area contributed by atoms with Crippen LogP contribution in [0.4, 0.5) is 4.79 Å². The van der Waals surface area contributed by atoms with Gasteiger partial charge in [-0.3, -0.25) is 14.9 Å². The van der Waals surface area contributed by atoms with Crippen LogP contribution in [-0.2, 0) is 22.7 Å². The van der Waals surface area contributed by atoms with E-state index in [2.05, 4.69) is 34.8 Å². The molecule has 0 aliphatic carbocycles. The third-order valence-corrected chi connectivity index (χ3v) is 3.35. The molecular formula is C14H21N5O3.